The largest absolute Gasteiger partial charge is 0.364 e. The summed E-state index contributed by atoms with van der Waals surface area (Å²) in [4.78, 5) is 13.8. The molecule has 0 saturated carbocycles. The Bertz CT molecular complexity index is 531. The minimum Gasteiger partial charge on any atom is -0.364 e. The minimum absolute atomic E-state index is 0.131. The molecule has 1 aromatic heterocycles. The van der Waals surface area contributed by atoms with Crippen molar-refractivity contribution in [3.8, 4) is 0 Å². The van der Waals surface area contributed by atoms with Gasteiger partial charge in [0.15, 0.2) is 0 Å². The highest BCUT2D eigenvalue weighted by Gasteiger charge is 2.41. The Kier molecular flexibility index (Phi) is 5.73. The summed E-state index contributed by atoms with van der Waals surface area (Å²) in [7, 11) is 1.63. The highest BCUT2D eigenvalue weighted by atomic mass is 19.3. The van der Waals surface area contributed by atoms with Gasteiger partial charge in [0.25, 0.3) is 5.92 Å². The Morgan fingerprint density at radius 3 is 2.96 bits per heavy atom. The van der Waals surface area contributed by atoms with Crippen LogP contribution in [-0.4, -0.2) is 42.0 Å². The van der Waals surface area contributed by atoms with Crippen molar-refractivity contribution in [2.24, 2.45) is 5.92 Å². The Morgan fingerprint density at radius 2 is 2.26 bits per heavy atom. The van der Waals surface area contributed by atoms with Gasteiger partial charge in [0.1, 0.15) is 6.26 Å². The molecule has 1 aromatic rings. The smallest absolute Gasteiger partial charge is 0.252 e. The number of alkyl halides is 2. The third kappa shape index (κ3) is 4.50. The average Bonchev–Trinajstić information content (AvgIpc) is 2.86. The fourth-order valence-electron chi connectivity index (χ4n) is 2.89. The van der Waals surface area contributed by atoms with Crippen molar-refractivity contribution in [2.45, 2.75) is 51.5 Å². The van der Waals surface area contributed by atoms with Gasteiger partial charge >= 0.3 is 0 Å². The summed E-state index contributed by atoms with van der Waals surface area (Å²) < 4.78 is 33.1. The number of carbonyl (C=O) groups is 1. The maximum absolute atomic E-state index is 14.1. The monoisotopic (exact) mass is 329 g/mol. The van der Waals surface area contributed by atoms with Crippen LogP contribution in [0, 0.1) is 5.92 Å². The van der Waals surface area contributed by atoms with Crippen LogP contribution in [-0.2, 0) is 11.3 Å². The third-order valence-corrected chi connectivity index (χ3v) is 4.38. The molecular weight excluding hydrogens is 304 g/mol. The van der Waals surface area contributed by atoms with Gasteiger partial charge in [0.05, 0.1) is 12.2 Å². The number of nitrogens with zero attached hydrogens (tertiary/aromatic N) is 2. The second-order valence-corrected chi connectivity index (χ2v) is 6.58. The number of hydrogen-bond acceptors (Lipinski definition) is 4. The molecule has 0 spiro atoms. The number of rotatable bonds is 5. The summed E-state index contributed by atoms with van der Waals surface area (Å²) in [5.74, 6) is -3.78. The van der Waals surface area contributed by atoms with Gasteiger partial charge in [-0.3, -0.25) is 4.79 Å². The molecule has 5 nitrogen and oxygen atoms in total. The van der Waals surface area contributed by atoms with Crippen LogP contribution < -0.4 is 5.32 Å². The Morgan fingerprint density at radius 1 is 1.52 bits per heavy atom. The molecule has 2 heterocycles. The topological polar surface area (TPSA) is 58.4 Å². The lowest BCUT2D eigenvalue weighted by molar-refractivity contribution is -0.136. The van der Waals surface area contributed by atoms with Gasteiger partial charge in [0.2, 0.25) is 5.91 Å². The number of aromatic nitrogens is 1. The molecule has 2 rings (SSSR count). The molecule has 1 fully saturated rings. The molecule has 0 bridgehead atoms. The van der Waals surface area contributed by atoms with Crippen LogP contribution in [0.2, 0.25) is 0 Å². The van der Waals surface area contributed by atoms with Crippen molar-refractivity contribution in [2.75, 3.05) is 20.1 Å². The van der Waals surface area contributed by atoms with Crippen molar-refractivity contribution in [1.29, 1.82) is 0 Å². The van der Waals surface area contributed by atoms with Crippen LogP contribution in [0.25, 0.3) is 0 Å². The van der Waals surface area contributed by atoms with Gasteiger partial charge in [0, 0.05) is 37.9 Å². The number of carbonyl (C=O) groups excluding carboxylic acids is 1. The van der Waals surface area contributed by atoms with E-state index < -0.39 is 11.8 Å². The number of hydrogen-bond donors (Lipinski definition) is 1. The van der Waals surface area contributed by atoms with Crippen molar-refractivity contribution in [3.05, 3.63) is 17.5 Å². The molecule has 7 heteroatoms. The van der Waals surface area contributed by atoms with Gasteiger partial charge in [-0.1, -0.05) is 19.0 Å². The highest BCUT2D eigenvalue weighted by molar-refractivity contribution is 5.76. The fraction of sp³-hybridized carbons (Fsp3) is 0.750. The number of halogens is 2. The third-order valence-electron chi connectivity index (χ3n) is 4.38. The molecule has 1 amide bonds. The molecule has 1 aliphatic rings. The zero-order chi connectivity index (χ0) is 17.0. The van der Waals surface area contributed by atoms with E-state index in [2.05, 4.69) is 10.5 Å². The van der Waals surface area contributed by atoms with Crippen molar-refractivity contribution >= 4 is 5.91 Å². The molecule has 130 valence electrons. The first-order valence-corrected chi connectivity index (χ1v) is 8.07. The predicted octanol–water partition coefficient (Wildman–Crippen LogP) is 2.78. The van der Waals surface area contributed by atoms with Gasteiger partial charge in [-0.25, -0.2) is 8.78 Å². The van der Waals surface area contributed by atoms with E-state index in [0.717, 1.165) is 11.3 Å². The van der Waals surface area contributed by atoms with Crippen LogP contribution in [0.3, 0.4) is 0 Å². The maximum atomic E-state index is 14.1. The molecule has 1 aliphatic heterocycles. The van der Waals surface area contributed by atoms with Crippen molar-refractivity contribution in [3.63, 3.8) is 0 Å². The van der Waals surface area contributed by atoms with E-state index in [1.54, 1.807) is 7.05 Å². The summed E-state index contributed by atoms with van der Waals surface area (Å²) >= 11 is 0. The van der Waals surface area contributed by atoms with Gasteiger partial charge < -0.3 is 14.7 Å². The summed E-state index contributed by atoms with van der Waals surface area (Å²) in [6.07, 6.45) is 1.49. The molecule has 1 saturated heterocycles. The molecule has 0 radical (unpaired) electrons. The SMILES string of the molecule is CC(C)c1nocc1CN(C)C(=O)CC1CCNCCC1(F)F. The molecule has 0 aliphatic carbocycles. The lowest BCUT2D eigenvalue weighted by Gasteiger charge is -2.26. The lowest BCUT2D eigenvalue weighted by Crippen LogP contribution is -2.35. The Balaban J connectivity index is 1.98. The Hall–Kier alpha value is -1.50. The lowest BCUT2D eigenvalue weighted by atomic mass is 9.92. The van der Waals surface area contributed by atoms with Crippen LogP contribution in [0.1, 0.15) is 50.3 Å². The minimum atomic E-state index is -2.79. The first kappa shape index (κ1) is 17.8. The maximum Gasteiger partial charge on any atom is 0.252 e. The highest BCUT2D eigenvalue weighted by Crippen LogP contribution is 2.34. The summed E-state index contributed by atoms with van der Waals surface area (Å²) in [6, 6.07) is 0. The zero-order valence-corrected chi connectivity index (χ0v) is 13.9. The average molecular weight is 329 g/mol. The molecular formula is C16H25F2N3O2. The molecule has 1 N–H and O–H groups in total. The second-order valence-electron chi connectivity index (χ2n) is 6.58. The molecule has 1 unspecified atom stereocenters. The predicted molar refractivity (Wildman–Crippen MR) is 82.2 cm³/mol. The van der Waals surface area contributed by atoms with Crippen molar-refractivity contribution in [1.82, 2.24) is 15.4 Å². The Labute approximate surface area is 135 Å². The van der Waals surface area contributed by atoms with E-state index in [1.807, 2.05) is 13.8 Å². The summed E-state index contributed by atoms with van der Waals surface area (Å²) in [5.41, 5.74) is 1.62. The van der Waals surface area contributed by atoms with Crippen LogP contribution in [0.15, 0.2) is 10.8 Å². The fourth-order valence-corrected chi connectivity index (χ4v) is 2.89. The van der Waals surface area contributed by atoms with Crippen LogP contribution in [0.4, 0.5) is 8.78 Å². The van der Waals surface area contributed by atoms with E-state index in [4.69, 9.17) is 4.52 Å². The first-order chi connectivity index (χ1) is 10.8. The van der Waals surface area contributed by atoms with Crippen LogP contribution in [0.5, 0.6) is 0 Å². The molecule has 23 heavy (non-hydrogen) atoms. The first-order valence-electron chi connectivity index (χ1n) is 8.07. The van der Waals surface area contributed by atoms with E-state index >= 15 is 0 Å². The second kappa shape index (κ2) is 7.38. The van der Waals surface area contributed by atoms with Gasteiger partial charge in [-0.15, -0.1) is 0 Å². The van der Waals surface area contributed by atoms with Crippen molar-refractivity contribution < 1.29 is 18.1 Å². The quantitative estimate of drug-likeness (QED) is 0.902. The zero-order valence-electron chi connectivity index (χ0n) is 13.9. The number of nitrogens with one attached hydrogen (secondary N) is 1. The normalized spacial score (nSPS) is 21.2. The van der Waals surface area contributed by atoms with E-state index in [1.165, 1.54) is 11.2 Å². The molecule has 0 aromatic carbocycles. The van der Waals surface area contributed by atoms with Gasteiger partial charge in [-0.2, -0.15) is 0 Å². The number of amides is 1. The van der Waals surface area contributed by atoms with E-state index in [0.29, 0.717) is 26.1 Å². The van der Waals surface area contributed by atoms with Gasteiger partial charge in [-0.05, 0) is 18.9 Å². The summed E-state index contributed by atoms with van der Waals surface area (Å²) in [5, 5.41) is 6.90. The molecule has 1 atom stereocenters. The van der Waals surface area contributed by atoms with E-state index in [9.17, 15) is 13.6 Å². The van der Waals surface area contributed by atoms with E-state index in [-0.39, 0.29) is 24.7 Å². The standard InChI is InChI=1S/C16H25F2N3O2/c1-11(2)15-12(10-23-20-15)9-21(3)14(22)8-13-4-6-19-7-5-16(13,17)18/h10-11,13,19H,4-9H2,1-3H3. The van der Waals surface area contributed by atoms with Crippen LogP contribution >= 0.6 is 0 Å². The summed E-state index contributed by atoms with van der Waals surface area (Å²) in [6.45, 7) is 5.13.